The maximum atomic E-state index is 12.4. The Morgan fingerprint density at radius 3 is 2.64 bits per heavy atom. The minimum Gasteiger partial charge on any atom is -0.486 e. The summed E-state index contributed by atoms with van der Waals surface area (Å²) < 4.78 is 11.2. The van der Waals surface area contributed by atoms with Crippen LogP contribution in [0.3, 0.4) is 0 Å². The Labute approximate surface area is 131 Å². The van der Waals surface area contributed by atoms with Gasteiger partial charge in [0.05, 0.1) is 6.04 Å². The molecule has 0 saturated carbocycles. The zero-order valence-corrected chi connectivity index (χ0v) is 13.4. The van der Waals surface area contributed by atoms with Gasteiger partial charge in [0.15, 0.2) is 11.5 Å². The van der Waals surface area contributed by atoms with Crippen molar-refractivity contribution in [1.29, 1.82) is 0 Å². The SMILES string of the molecule is CC(C(=O)N1CCCC1)N(C)Cc1ccc2c(c1)OCCO2. The molecule has 5 heteroatoms. The van der Waals surface area contributed by atoms with Crippen molar-refractivity contribution in [3.8, 4) is 11.5 Å². The van der Waals surface area contributed by atoms with Crippen LogP contribution in [-0.4, -0.2) is 55.1 Å². The number of ether oxygens (including phenoxy) is 2. The summed E-state index contributed by atoms with van der Waals surface area (Å²) in [5, 5.41) is 0. The third kappa shape index (κ3) is 3.19. The largest absolute Gasteiger partial charge is 0.486 e. The Bertz CT molecular complexity index is 541. The van der Waals surface area contributed by atoms with E-state index in [0.717, 1.165) is 49.5 Å². The summed E-state index contributed by atoms with van der Waals surface area (Å²) in [6.07, 6.45) is 2.26. The fraction of sp³-hybridized carbons (Fsp3) is 0.588. The van der Waals surface area contributed by atoms with Crippen LogP contribution < -0.4 is 9.47 Å². The Balaban J connectivity index is 1.63. The number of likely N-dealkylation sites (tertiary alicyclic amines) is 1. The Hall–Kier alpha value is -1.75. The molecule has 1 saturated heterocycles. The number of nitrogens with zero attached hydrogens (tertiary/aromatic N) is 2. The smallest absolute Gasteiger partial charge is 0.239 e. The molecule has 1 aromatic carbocycles. The van der Waals surface area contributed by atoms with E-state index in [0.29, 0.717) is 13.2 Å². The molecule has 22 heavy (non-hydrogen) atoms. The van der Waals surface area contributed by atoms with Crippen molar-refractivity contribution >= 4 is 5.91 Å². The molecular weight excluding hydrogens is 280 g/mol. The highest BCUT2D eigenvalue weighted by atomic mass is 16.6. The van der Waals surface area contributed by atoms with Gasteiger partial charge in [0.2, 0.25) is 5.91 Å². The van der Waals surface area contributed by atoms with Gasteiger partial charge >= 0.3 is 0 Å². The Kier molecular flexibility index (Phi) is 4.52. The molecule has 2 heterocycles. The van der Waals surface area contributed by atoms with Crippen molar-refractivity contribution in [2.75, 3.05) is 33.4 Å². The average molecular weight is 304 g/mol. The third-order valence-corrected chi connectivity index (χ3v) is 4.47. The molecule has 0 aromatic heterocycles. The van der Waals surface area contributed by atoms with Gasteiger partial charge in [0.25, 0.3) is 0 Å². The van der Waals surface area contributed by atoms with Crippen LogP contribution in [0.2, 0.25) is 0 Å². The van der Waals surface area contributed by atoms with Gasteiger partial charge in [-0.3, -0.25) is 9.69 Å². The Morgan fingerprint density at radius 2 is 1.91 bits per heavy atom. The number of rotatable bonds is 4. The molecule has 0 radical (unpaired) electrons. The summed E-state index contributed by atoms with van der Waals surface area (Å²) in [7, 11) is 2.00. The van der Waals surface area contributed by atoms with Gasteiger partial charge in [-0.2, -0.15) is 0 Å². The lowest BCUT2D eigenvalue weighted by Gasteiger charge is -2.28. The van der Waals surface area contributed by atoms with Crippen LogP contribution in [0.15, 0.2) is 18.2 Å². The monoisotopic (exact) mass is 304 g/mol. The first kappa shape index (κ1) is 15.2. The normalized spacial score (nSPS) is 18.6. The van der Waals surface area contributed by atoms with E-state index in [1.165, 1.54) is 0 Å². The average Bonchev–Trinajstić information content (AvgIpc) is 3.07. The van der Waals surface area contributed by atoms with Gasteiger partial charge in [0, 0.05) is 19.6 Å². The summed E-state index contributed by atoms with van der Waals surface area (Å²) in [4.78, 5) is 16.5. The van der Waals surface area contributed by atoms with Crippen molar-refractivity contribution in [3.63, 3.8) is 0 Å². The van der Waals surface area contributed by atoms with Crippen LogP contribution in [0.25, 0.3) is 0 Å². The third-order valence-electron chi connectivity index (χ3n) is 4.47. The van der Waals surface area contributed by atoms with Gasteiger partial charge in [-0.25, -0.2) is 0 Å². The first-order valence-corrected chi connectivity index (χ1v) is 8.03. The van der Waals surface area contributed by atoms with E-state index < -0.39 is 0 Å². The van der Waals surface area contributed by atoms with Gasteiger partial charge in [-0.05, 0) is 44.5 Å². The van der Waals surface area contributed by atoms with Crippen LogP contribution in [0.5, 0.6) is 11.5 Å². The molecule has 0 N–H and O–H groups in total. The topological polar surface area (TPSA) is 42.0 Å². The van der Waals surface area contributed by atoms with Gasteiger partial charge in [0.1, 0.15) is 13.2 Å². The van der Waals surface area contributed by atoms with Gasteiger partial charge in [-0.1, -0.05) is 6.07 Å². The second kappa shape index (κ2) is 6.57. The summed E-state index contributed by atoms with van der Waals surface area (Å²) in [5.41, 5.74) is 1.13. The van der Waals surface area contributed by atoms with E-state index in [-0.39, 0.29) is 11.9 Å². The van der Waals surface area contributed by atoms with Crippen LogP contribution in [0.4, 0.5) is 0 Å². The van der Waals surface area contributed by atoms with Crippen molar-refractivity contribution in [3.05, 3.63) is 23.8 Å². The zero-order valence-electron chi connectivity index (χ0n) is 13.4. The fourth-order valence-corrected chi connectivity index (χ4v) is 3.00. The molecule has 5 nitrogen and oxygen atoms in total. The second-order valence-electron chi connectivity index (χ2n) is 6.10. The van der Waals surface area contributed by atoms with E-state index in [9.17, 15) is 4.79 Å². The van der Waals surface area contributed by atoms with E-state index >= 15 is 0 Å². The molecule has 1 amide bonds. The van der Waals surface area contributed by atoms with Crippen LogP contribution >= 0.6 is 0 Å². The van der Waals surface area contributed by atoms with E-state index in [4.69, 9.17) is 9.47 Å². The summed E-state index contributed by atoms with van der Waals surface area (Å²) in [6, 6.07) is 5.89. The predicted octanol–water partition coefficient (Wildman–Crippen LogP) is 1.90. The molecule has 2 aliphatic rings. The van der Waals surface area contributed by atoms with Crippen molar-refractivity contribution < 1.29 is 14.3 Å². The second-order valence-corrected chi connectivity index (χ2v) is 6.10. The van der Waals surface area contributed by atoms with E-state index in [2.05, 4.69) is 4.90 Å². The molecule has 0 bridgehead atoms. The first-order chi connectivity index (χ1) is 10.6. The maximum absolute atomic E-state index is 12.4. The lowest BCUT2D eigenvalue weighted by molar-refractivity contribution is -0.135. The molecule has 0 aliphatic carbocycles. The lowest BCUT2D eigenvalue weighted by Crippen LogP contribution is -2.44. The van der Waals surface area contributed by atoms with Crippen LogP contribution in [-0.2, 0) is 11.3 Å². The highest BCUT2D eigenvalue weighted by Crippen LogP contribution is 2.31. The molecule has 2 aliphatic heterocycles. The highest BCUT2D eigenvalue weighted by molar-refractivity contribution is 5.81. The van der Waals surface area contributed by atoms with Crippen LogP contribution in [0.1, 0.15) is 25.3 Å². The molecule has 1 unspecified atom stereocenters. The van der Waals surface area contributed by atoms with Crippen molar-refractivity contribution in [1.82, 2.24) is 9.80 Å². The number of likely N-dealkylation sites (N-methyl/N-ethyl adjacent to an activating group) is 1. The first-order valence-electron chi connectivity index (χ1n) is 8.03. The number of carbonyl (C=O) groups excluding carboxylic acids is 1. The molecule has 1 aromatic rings. The summed E-state index contributed by atoms with van der Waals surface area (Å²) in [5.74, 6) is 1.84. The lowest BCUT2D eigenvalue weighted by atomic mass is 10.1. The van der Waals surface area contributed by atoms with Crippen LogP contribution in [0, 0.1) is 0 Å². The summed E-state index contributed by atoms with van der Waals surface area (Å²) in [6.45, 7) is 5.71. The number of hydrogen-bond acceptors (Lipinski definition) is 4. The number of amides is 1. The highest BCUT2D eigenvalue weighted by Gasteiger charge is 2.26. The number of carbonyl (C=O) groups is 1. The van der Waals surface area contributed by atoms with E-state index in [1.807, 2.05) is 37.1 Å². The molecule has 1 atom stereocenters. The molecule has 3 rings (SSSR count). The quantitative estimate of drug-likeness (QED) is 0.852. The zero-order chi connectivity index (χ0) is 15.5. The minimum atomic E-state index is -0.105. The summed E-state index contributed by atoms with van der Waals surface area (Å²) >= 11 is 0. The predicted molar refractivity (Wildman–Crippen MR) is 84.2 cm³/mol. The van der Waals surface area contributed by atoms with Gasteiger partial charge < -0.3 is 14.4 Å². The molecule has 1 fully saturated rings. The molecule has 120 valence electrons. The van der Waals surface area contributed by atoms with Gasteiger partial charge in [-0.15, -0.1) is 0 Å². The maximum Gasteiger partial charge on any atom is 0.239 e. The van der Waals surface area contributed by atoms with Crippen molar-refractivity contribution in [2.45, 2.75) is 32.4 Å². The number of fused-ring (bicyclic) bond motifs is 1. The van der Waals surface area contributed by atoms with Crippen molar-refractivity contribution in [2.24, 2.45) is 0 Å². The molecular formula is C17H24N2O3. The number of benzene rings is 1. The number of hydrogen-bond donors (Lipinski definition) is 0. The fourth-order valence-electron chi connectivity index (χ4n) is 3.00. The van der Waals surface area contributed by atoms with E-state index in [1.54, 1.807) is 0 Å². The standard InChI is InChI=1S/C17H24N2O3/c1-13(17(20)19-7-3-4-8-19)18(2)12-14-5-6-15-16(11-14)22-10-9-21-15/h5-6,11,13H,3-4,7-10,12H2,1-2H3. The minimum absolute atomic E-state index is 0.105. The molecule has 0 spiro atoms. The Morgan fingerprint density at radius 1 is 1.23 bits per heavy atom.